The molecular weight excluding hydrogens is 1010 g/mol. The lowest BCUT2D eigenvalue weighted by atomic mass is 10.0. The van der Waals surface area contributed by atoms with Gasteiger partial charge in [0.2, 0.25) is 5.91 Å². The third-order valence-corrected chi connectivity index (χ3v) is 15.6. The number of esters is 1. The van der Waals surface area contributed by atoms with Gasteiger partial charge in [-0.15, -0.1) is 0 Å². The highest BCUT2D eigenvalue weighted by Crippen LogP contribution is 2.43. The zero-order chi connectivity index (χ0) is 58.6. The molecule has 0 aliphatic heterocycles. The lowest BCUT2D eigenvalue weighted by Crippen LogP contribution is -2.47. The van der Waals surface area contributed by atoms with Crippen molar-refractivity contribution in [3.63, 3.8) is 0 Å². The van der Waals surface area contributed by atoms with Gasteiger partial charge in [-0.2, -0.15) is 0 Å². The number of hydrogen-bond acceptors (Lipinski definition) is 6. The van der Waals surface area contributed by atoms with Crippen LogP contribution in [0.5, 0.6) is 0 Å². The molecule has 0 aliphatic rings. The molecule has 10 heteroatoms. The highest BCUT2D eigenvalue weighted by molar-refractivity contribution is 7.47. The van der Waals surface area contributed by atoms with Gasteiger partial charge in [-0.05, 0) is 83.1 Å². The van der Waals surface area contributed by atoms with Crippen LogP contribution in [-0.4, -0.2) is 74.3 Å². The molecular formula is C70H128N2O7P+. The Morgan fingerprint density at radius 1 is 0.450 bits per heavy atom. The van der Waals surface area contributed by atoms with E-state index in [4.69, 9.17) is 13.8 Å². The van der Waals surface area contributed by atoms with Crippen LogP contribution >= 0.6 is 7.82 Å². The van der Waals surface area contributed by atoms with E-state index in [1.165, 1.54) is 154 Å². The van der Waals surface area contributed by atoms with Gasteiger partial charge in [0.05, 0.1) is 33.8 Å². The zero-order valence-corrected chi connectivity index (χ0v) is 54.0. The molecule has 0 bridgehead atoms. The highest BCUT2D eigenvalue weighted by Gasteiger charge is 2.30. The maximum absolute atomic E-state index is 13.6. The Morgan fingerprint density at radius 3 is 1.20 bits per heavy atom. The number of phosphoric ester groups is 1. The van der Waals surface area contributed by atoms with Gasteiger partial charge < -0.3 is 19.4 Å². The van der Waals surface area contributed by atoms with Crippen molar-refractivity contribution in [3.05, 3.63) is 85.1 Å². The quantitative estimate of drug-likeness (QED) is 0.0205. The van der Waals surface area contributed by atoms with Crippen LogP contribution < -0.4 is 5.32 Å². The van der Waals surface area contributed by atoms with Gasteiger partial charge in [0.25, 0.3) is 0 Å². The first kappa shape index (κ1) is 77.2. The van der Waals surface area contributed by atoms with Crippen molar-refractivity contribution >= 4 is 19.7 Å². The number of phosphoric acid groups is 1. The number of carbonyl (C=O) groups excluding carboxylic acids is 2. The average molecular weight is 1140 g/mol. The molecule has 0 heterocycles. The summed E-state index contributed by atoms with van der Waals surface area (Å²) in [6.45, 7) is 6.90. The largest absolute Gasteiger partial charge is 0.472 e. The van der Waals surface area contributed by atoms with E-state index in [-0.39, 0.29) is 31.5 Å². The summed E-state index contributed by atoms with van der Waals surface area (Å²) in [5.74, 6) is -0.527. The third-order valence-electron chi connectivity index (χ3n) is 14.6. The minimum absolute atomic E-state index is 0.0327. The smallest absolute Gasteiger partial charge is 0.456 e. The summed E-state index contributed by atoms with van der Waals surface area (Å²) in [7, 11) is 1.48. The van der Waals surface area contributed by atoms with Gasteiger partial charge >= 0.3 is 13.8 Å². The molecule has 3 atom stereocenters. The maximum Gasteiger partial charge on any atom is 0.472 e. The molecule has 1 amide bonds. The number of nitrogens with one attached hydrogen (secondary N) is 1. The van der Waals surface area contributed by atoms with E-state index in [9.17, 15) is 19.0 Å². The Labute approximate surface area is 495 Å². The summed E-state index contributed by atoms with van der Waals surface area (Å²) in [6.07, 6.45) is 78.7. The van der Waals surface area contributed by atoms with Crippen LogP contribution in [0.25, 0.3) is 0 Å². The summed E-state index contributed by atoms with van der Waals surface area (Å²) < 4.78 is 30.8. The summed E-state index contributed by atoms with van der Waals surface area (Å²) >= 11 is 0. The van der Waals surface area contributed by atoms with Gasteiger partial charge in [-0.25, -0.2) is 4.57 Å². The van der Waals surface area contributed by atoms with Crippen LogP contribution in [0.1, 0.15) is 297 Å². The maximum atomic E-state index is 13.6. The minimum atomic E-state index is -4.46. The fraction of sp³-hybridized carbons (Fsp3) is 0.771. The minimum Gasteiger partial charge on any atom is -0.456 e. The summed E-state index contributed by atoms with van der Waals surface area (Å²) in [4.78, 5) is 37.8. The van der Waals surface area contributed by atoms with Crippen LogP contribution in [0.2, 0.25) is 0 Å². The fourth-order valence-corrected chi connectivity index (χ4v) is 10.2. The second-order valence-corrected chi connectivity index (χ2v) is 25.1. The van der Waals surface area contributed by atoms with Gasteiger partial charge in [0.1, 0.15) is 19.3 Å². The van der Waals surface area contributed by atoms with Crippen molar-refractivity contribution in [2.24, 2.45) is 0 Å². The number of ether oxygens (including phenoxy) is 1. The molecule has 0 rings (SSSR count). The number of carbonyl (C=O) groups is 2. The van der Waals surface area contributed by atoms with Gasteiger partial charge in [0.15, 0.2) is 0 Å². The molecule has 0 radical (unpaired) electrons. The first-order chi connectivity index (χ1) is 38.9. The molecule has 80 heavy (non-hydrogen) atoms. The number of amides is 1. The van der Waals surface area contributed by atoms with Crippen molar-refractivity contribution < 1.29 is 37.3 Å². The number of nitrogens with zero attached hydrogens (tertiary/aromatic N) is 1. The SMILES string of the molecule is CC/C=C\C/C=C\C/C=C\C/C=C\C/C=C\C/C=C\CCCCCCC(=O)NC(COP(=O)(O)OCC[N+](C)(C)C)C(/C=C/CCCCCCCCCCCC)OC(=O)CCCCCCCCCCCCCCCCCCCCC. The second-order valence-electron chi connectivity index (χ2n) is 23.6. The molecule has 0 aliphatic carbocycles. The summed E-state index contributed by atoms with van der Waals surface area (Å²) in [5, 5.41) is 3.05. The van der Waals surface area contributed by atoms with Crippen molar-refractivity contribution in [2.75, 3.05) is 40.9 Å². The molecule has 9 nitrogen and oxygen atoms in total. The Balaban J connectivity index is 5.21. The van der Waals surface area contributed by atoms with E-state index in [2.05, 4.69) is 99.0 Å². The Hall–Kier alpha value is -2.81. The van der Waals surface area contributed by atoms with Crippen LogP contribution in [-0.2, 0) is 27.9 Å². The van der Waals surface area contributed by atoms with E-state index in [0.717, 1.165) is 103 Å². The Bertz CT molecular complexity index is 1640. The number of unbranched alkanes of at least 4 members (excludes halogenated alkanes) is 32. The lowest BCUT2D eigenvalue weighted by Gasteiger charge is -2.27. The van der Waals surface area contributed by atoms with E-state index in [0.29, 0.717) is 23.9 Å². The third kappa shape index (κ3) is 59.8. The Kier molecular flexibility index (Phi) is 57.3. The van der Waals surface area contributed by atoms with E-state index < -0.39 is 20.0 Å². The monoisotopic (exact) mass is 1140 g/mol. The molecule has 0 saturated carbocycles. The standard InChI is InChI=1S/C70H127N2O7P/c1-7-10-13-16-19-22-25-28-30-32-34-35-36-37-39-40-42-44-47-50-53-56-59-62-69(73)71-67(66-78-80(75,76)77-65-64-72(4,5)6)68(61-58-55-52-49-46-27-24-21-18-15-12-9-3)79-70(74)63-60-57-54-51-48-45-43-41-38-33-31-29-26-23-20-17-14-11-8-2/h10,13,19,22,28,30,34-35,37,39,42,44,58,61,67-68H,7-9,11-12,14-18,20-21,23-27,29,31-33,36,38,40-41,43,45-57,59-60,62-66H2,1-6H3,(H-,71,73,75,76)/p+1/b13-10-,22-19-,30-28-,35-34-,39-37-,44-42-,61-58+. The molecule has 0 aromatic heterocycles. The van der Waals surface area contributed by atoms with Crippen LogP contribution in [0.3, 0.4) is 0 Å². The lowest BCUT2D eigenvalue weighted by molar-refractivity contribution is -0.870. The van der Waals surface area contributed by atoms with Crippen molar-refractivity contribution in [2.45, 2.75) is 309 Å². The van der Waals surface area contributed by atoms with Gasteiger partial charge in [-0.1, -0.05) is 286 Å². The predicted octanol–water partition coefficient (Wildman–Crippen LogP) is 21.0. The fourth-order valence-electron chi connectivity index (χ4n) is 9.47. The first-order valence-electron chi connectivity index (χ1n) is 33.4. The van der Waals surface area contributed by atoms with Crippen LogP contribution in [0, 0.1) is 0 Å². The molecule has 0 aromatic carbocycles. The van der Waals surface area contributed by atoms with Crippen LogP contribution in [0.4, 0.5) is 0 Å². The van der Waals surface area contributed by atoms with Gasteiger partial charge in [0, 0.05) is 12.8 Å². The van der Waals surface area contributed by atoms with Crippen molar-refractivity contribution in [1.29, 1.82) is 0 Å². The van der Waals surface area contributed by atoms with Gasteiger partial charge in [-0.3, -0.25) is 18.6 Å². The number of allylic oxidation sites excluding steroid dienone is 13. The number of rotatable bonds is 60. The van der Waals surface area contributed by atoms with E-state index in [1.807, 2.05) is 33.3 Å². The van der Waals surface area contributed by atoms with Crippen molar-refractivity contribution in [1.82, 2.24) is 5.32 Å². The molecule has 2 N–H and O–H groups in total. The molecule has 0 spiro atoms. The highest BCUT2D eigenvalue weighted by atomic mass is 31.2. The van der Waals surface area contributed by atoms with Crippen LogP contribution in [0.15, 0.2) is 85.1 Å². The predicted molar refractivity (Wildman–Crippen MR) is 346 cm³/mol. The molecule has 0 saturated heterocycles. The zero-order valence-electron chi connectivity index (χ0n) is 53.1. The number of quaternary nitrogens is 1. The molecule has 0 fully saturated rings. The second kappa shape index (κ2) is 59.4. The molecule has 3 unspecified atom stereocenters. The number of likely N-dealkylation sites (N-methyl/N-ethyl adjacent to an activating group) is 1. The molecule has 464 valence electrons. The summed E-state index contributed by atoms with van der Waals surface area (Å²) in [5.41, 5.74) is 0. The normalized spacial score (nSPS) is 14.1. The van der Waals surface area contributed by atoms with Crippen molar-refractivity contribution in [3.8, 4) is 0 Å². The number of hydrogen-bond donors (Lipinski definition) is 2. The summed E-state index contributed by atoms with van der Waals surface area (Å²) in [6, 6.07) is -0.865. The molecule has 0 aromatic rings. The first-order valence-corrected chi connectivity index (χ1v) is 34.9. The van der Waals surface area contributed by atoms with E-state index >= 15 is 0 Å². The van der Waals surface area contributed by atoms with E-state index in [1.54, 1.807) is 0 Å². The average Bonchev–Trinajstić information content (AvgIpc) is 3.42. The topological polar surface area (TPSA) is 111 Å². The Morgan fingerprint density at radius 2 is 0.800 bits per heavy atom.